The van der Waals surface area contributed by atoms with Crippen LogP contribution in [0.5, 0.6) is 0 Å². The van der Waals surface area contributed by atoms with Crippen molar-refractivity contribution in [3.63, 3.8) is 0 Å². The molecule has 150 valence electrons. The van der Waals surface area contributed by atoms with Gasteiger partial charge in [0.1, 0.15) is 0 Å². The summed E-state index contributed by atoms with van der Waals surface area (Å²) in [6.07, 6.45) is 0.975. The molecular weight excluding hydrogens is 401 g/mol. The Morgan fingerprint density at radius 3 is 1.38 bits per heavy atom. The molecule has 0 N–H and O–H groups in total. The van der Waals surface area contributed by atoms with Crippen molar-refractivity contribution >= 4 is 31.7 Å². The van der Waals surface area contributed by atoms with Crippen molar-refractivity contribution < 1.29 is 26.1 Å². The normalized spacial score (nSPS) is 11.9. The molecule has 4 rings (SSSR count). The summed E-state index contributed by atoms with van der Waals surface area (Å²) in [7, 11) is -6.09. The summed E-state index contributed by atoms with van der Waals surface area (Å²) in [6, 6.07) is 30.4. The van der Waals surface area contributed by atoms with Crippen molar-refractivity contribution in [2.45, 2.75) is 11.9 Å². The highest BCUT2D eigenvalue weighted by Crippen LogP contribution is 2.25. The second-order valence-electron chi connectivity index (χ2n) is 6.35. The van der Waals surface area contributed by atoms with Crippen LogP contribution < -0.4 is 0 Å². The Kier molecular flexibility index (Phi) is 5.91. The number of hydrogen-bond donors (Lipinski definition) is 0. The molecule has 0 radical (unpaired) electrons. The van der Waals surface area contributed by atoms with Gasteiger partial charge in [0, 0.05) is 0 Å². The predicted octanol–water partition coefficient (Wildman–Crippen LogP) is 5.64. The summed E-state index contributed by atoms with van der Waals surface area (Å²) in [6.45, 7) is 0. The molecule has 7 heteroatoms. The molecule has 0 heterocycles. The van der Waals surface area contributed by atoms with Crippen molar-refractivity contribution in [1.82, 2.24) is 0 Å². The molecule has 29 heavy (non-hydrogen) atoms. The average molecular weight is 417 g/mol. The van der Waals surface area contributed by atoms with Gasteiger partial charge in [0.05, 0.1) is 0 Å². The third kappa shape index (κ3) is 4.93. The van der Waals surface area contributed by atoms with Crippen LogP contribution in [-0.4, -0.2) is 18.5 Å². The van der Waals surface area contributed by atoms with Crippen molar-refractivity contribution in [1.29, 1.82) is 0 Å². The highest BCUT2D eigenvalue weighted by Gasteiger charge is 2.36. The van der Waals surface area contributed by atoms with Crippen molar-refractivity contribution in [2.75, 3.05) is 0 Å². The fraction of sp³-hybridized carbons (Fsp3) is 0.0909. The average Bonchev–Trinajstić information content (AvgIpc) is 2.68. The maximum Gasteiger partial charge on any atom is 0.485 e. The van der Waals surface area contributed by atoms with E-state index in [1.54, 1.807) is 0 Å². The van der Waals surface area contributed by atoms with Gasteiger partial charge in [-0.3, -0.25) is 0 Å². The minimum Gasteiger partial charge on any atom is -0.741 e. The first-order chi connectivity index (χ1) is 13.7. The molecular formula is C22H16F3O3S-. The summed E-state index contributed by atoms with van der Waals surface area (Å²) in [5.41, 5.74) is -2.86. The fourth-order valence-corrected chi connectivity index (χ4v) is 3.10. The lowest BCUT2D eigenvalue weighted by Gasteiger charge is -2.09. The third-order valence-corrected chi connectivity index (χ3v) is 4.99. The molecule has 3 nitrogen and oxygen atoms in total. The molecule has 0 aliphatic heterocycles. The van der Waals surface area contributed by atoms with Crippen LogP contribution in [0.3, 0.4) is 0 Å². The minimum absolute atomic E-state index is 0.975. The van der Waals surface area contributed by atoms with Gasteiger partial charge in [-0.1, -0.05) is 84.9 Å². The molecule has 0 bridgehead atoms. The molecule has 0 amide bonds. The summed E-state index contributed by atoms with van der Waals surface area (Å²) in [4.78, 5) is 0. The quantitative estimate of drug-likeness (QED) is 0.313. The summed E-state index contributed by atoms with van der Waals surface area (Å²) < 4.78 is 58.9. The topological polar surface area (TPSA) is 57.2 Å². The molecule has 0 atom stereocenters. The maximum absolute atomic E-state index is 10.7. The Balaban J connectivity index is 0.000000258. The van der Waals surface area contributed by atoms with Crippen LogP contribution in [0.2, 0.25) is 0 Å². The van der Waals surface area contributed by atoms with Crippen LogP contribution in [0.25, 0.3) is 21.5 Å². The van der Waals surface area contributed by atoms with E-state index in [2.05, 4.69) is 84.9 Å². The van der Waals surface area contributed by atoms with Gasteiger partial charge in [-0.05, 0) is 39.1 Å². The van der Waals surface area contributed by atoms with E-state index >= 15 is 0 Å². The van der Waals surface area contributed by atoms with E-state index in [4.69, 9.17) is 13.0 Å². The third-order valence-electron chi connectivity index (χ3n) is 4.42. The Morgan fingerprint density at radius 1 is 0.655 bits per heavy atom. The lowest BCUT2D eigenvalue weighted by atomic mass is 9.95. The second-order valence-corrected chi connectivity index (χ2v) is 7.72. The number of rotatable bonds is 2. The van der Waals surface area contributed by atoms with Crippen molar-refractivity contribution in [3.05, 3.63) is 96.1 Å². The van der Waals surface area contributed by atoms with Gasteiger partial charge in [-0.2, -0.15) is 13.2 Å². The van der Waals surface area contributed by atoms with Crippen LogP contribution in [-0.2, 0) is 16.5 Å². The molecule has 0 fully saturated rings. The van der Waals surface area contributed by atoms with Gasteiger partial charge in [-0.25, -0.2) is 8.42 Å². The smallest absolute Gasteiger partial charge is 0.485 e. The van der Waals surface area contributed by atoms with E-state index in [1.165, 1.54) is 32.7 Å². The molecule has 0 unspecified atom stereocenters. The van der Waals surface area contributed by atoms with Crippen molar-refractivity contribution in [2.24, 2.45) is 0 Å². The van der Waals surface area contributed by atoms with Crippen LogP contribution in [0.15, 0.2) is 84.9 Å². The lowest BCUT2D eigenvalue weighted by Crippen LogP contribution is -2.21. The van der Waals surface area contributed by atoms with E-state index in [-0.39, 0.29) is 0 Å². The fourth-order valence-electron chi connectivity index (χ4n) is 3.10. The SMILES string of the molecule is O=S(=O)([O-])C(F)(F)F.c1ccc2c(Cc3cccc4ccccc34)cccc2c1. The van der Waals surface area contributed by atoms with Crippen LogP contribution in [0, 0.1) is 0 Å². The van der Waals surface area contributed by atoms with Crippen molar-refractivity contribution in [3.8, 4) is 0 Å². The van der Waals surface area contributed by atoms with E-state index in [0.29, 0.717) is 0 Å². The number of alkyl halides is 3. The summed E-state index contributed by atoms with van der Waals surface area (Å²) in [5, 5.41) is 5.34. The zero-order chi connectivity index (χ0) is 21.1. The molecule has 0 spiro atoms. The van der Waals surface area contributed by atoms with E-state index in [9.17, 15) is 13.2 Å². The van der Waals surface area contributed by atoms with Gasteiger partial charge in [-0.15, -0.1) is 0 Å². The molecule has 0 aromatic heterocycles. The van der Waals surface area contributed by atoms with Crippen LogP contribution in [0.1, 0.15) is 11.1 Å². The molecule has 4 aromatic rings. The molecule has 0 aliphatic carbocycles. The Hall–Kier alpha value is -2.90. The summed E-state index contributed by atoms with van der Waals surface area (Å²) in [5.74, 6) is 0. The van der Waals surface area contributed by atoms with Gasteiger partial charge in [0.2, 0.25) is 0 Å². The Bertz CT molecular complexity index is 1160. The molecule has 0 saturated carbocycles. The minimum atomic E-state index is -6.09. The number of hydrogen-bond acceptors (Lipinski definition) is 3. The Morgan fingerprint density at radius 2 is 1.00 bits per heavy atom. The number of fused-ring (bicyclic) bond motifs is 2. The molecule has 0 saturated heterocycles. The molecule has 4 aromatic carbocycles. The second kappa shape index (κ2) is 8.23. The lowest BCUT2D eigenvalue weighted by molar-refractivity contribution is -0.0517. The predicted molar refractivity (Wildman–Crippen MR) is 106 cm³/mol. The van der Waals surface area contributed by atoms with E-state index in [0.717, 1.165) is 6.42 Å². The summed E-state index contributed by atoms with van der Waals surface area (Å²) >= 11 is 0. The van der Waals surface area contributed by atoms with Gasteiger partial charge >= 0.3 is 5.51 Å². The van der Waals surface area contributed by atoms with Crippen LogP contribution in [0.4, 0.5) is 13.2 Å². The largest absolute Gasteiger partial charge is 0.741 e. The number of halogens is 3. The first-order valence-corrected chi connectivity index (χ1v) is 10.0. The zero-order valence-corrected chi connectivity index (χ0v) is 15.9. The first kappa shape index (κ1) is 20.8. The van der Waals surface area contributed by atoms with E-state index < -0.39 is 15.6 Å². The van der Waals surface area contributed by atoms with Crippen LogP contribution >= 0.6 is 0 Å². The zero-order valence-electron chi connectivity index (χ0n) is 15.1. The standard InChI is InChI=1S/C21H16.CHF3O3S/c1-3-13-20-16(7-1)9-5-11-18(20)15-19-12-6-10-17-8-2-4-14-21(17)19;2-1(3,4)8(5,6)7/h1-14H,15H2;(H,5,6,7)/p-1. The van der Waals surface area contributed by atoms with E-state index in [1.807, 2.05) is 0 Å². The highest BCUT2D eigenvalue weighted by atomic mass is 32.2. The monoisotopic (exact) mass is 417 g/mol. The highest BCUT2D eigenvalue weighted by molar-refractivity contribution is 7.86. The van der Waals surface area contributed by atoms with Gasteiger partial charge < -0.3 is 4.55 Å². The Labute approximate surface area is 166 Å². The maximum atomic E-state index is 10.7. The molecule has 0 aliphatic rings. The number of benzene rings is 4. The van der Waals surface area contributed by atoms with Gasteiger partial charge in [0.25, 0.3) is 0 Å². The van der Waals surface area contributed by atoms with Gasteiger partial charge in [0.15, 0.2) is 10.1 Å². The first-order valence-electron chi connectivity index (χ1n) is 8.62.